The summed E-state index contributed by atoms with van der Waals surface area (Å²) in [6.45, 7) is 16.4. The molecule has 0 aliphatic heterocycles. The van der Waals surface area contributed by atoms with Crippen molar-refractivity contribution in [2.24, 2.45) is 28.1 Å². The lowest BCUT2D eigenvalue weighted by Gasteiger charge is -2.28. The fourth-order valence-corrected chi connectivity index (χ4v) is 2.01. The Morgan fingerprint density at radius 2 is 1.09 bits per heavy atom. The van der Waals surface area contributed by atoms with Crippen molar-refractivity contribution < 1.29 is 40.9 Å². The van der Waals surface area contributed by atoms with Gasteiger partial charge in [-0.3, -0.25) is 0 Å². The van der Waals surface area contributed by atoms with E-state index >= 15 is 0 Å². The number of rotatable bonds is 14. The first-order valence-corrected chi connectivity index (χ1v) is 12.6. The molecule has 1 unspecified atom stereocenters. The van der Waals surface area contributed by atoms with E-state index < -0.39 is 0 Å². The Kier molecular flexibility index (Phi) is 29.3. The fraction of sp³-hybridized carbons (Fsp3) is 1.00. The highest BCUT2D eigenvalue weighted by atomic mass is 16.3. The van der Waals surface area contributed by atoms with Gasteiger partial charge in [-0.15, -0.1) is 0 Å². The van der Waals surface area contributed by atoms with E-state index in [1.54, 1.807) is 20.8 Å². The van der Waals surface area contributed by atoms with Gasteiger partial charge in [0.05, 0.1) is 26.4 Å². The lowest BCUT2D eigenvalue weighted by atomic mass is 9.79. The van der Waals surface area contributed by atoms with Crippen LogP contribution >= 0.6 is 0 Å². The molecule has 0 fully saturated rings. The second-order valence-corrected chi connectivity index (χ2v) is 10.8. The largest absolute Gasteiger partial charge is 0.396 e. The molecule has 0 saturated carbocycles. The van der Waals surface area contributed by atoms with E-state index in [9.17, 15) is 0 Å². The fourth-order valence-electron chi connectivity index (χ4n) is 2.01. The molecule has 0 aliphatic carbocycles. The Morgan fingerprint density at radius 1 is 0.647 bits per heavy atom. The second-order valence-electron chi connectivity index (χ2n) is 10.8. The number of aliphatic hydroxyl groups excluding tert-OH is 8. The van der Waals surface area contributed by atoms with E-state index in [0.29, 0.717) is 5.92 Å². The predicted octanol–water partition coefficient (Wildman–Crippen LogP) is 2.19. The summed E-state index contributed by atoms with van der Waals surface area (Å²) in [6, 6.07) is 0. The highest BCUT2D eigenvalue weighted by Gasteiger charge is 2.25. The summed E-state index contributed by atoms with van der Waals surface area (Å²) in [6.07, 6.45) is 4.79. The van der Waals surface area contributed by atoms with Crippen LogP contribution in [0.15, 0.2) is 0 Å². The van der Waals surface area contributed by atoms with E-state index in [1.807, 2.05) is 27.7 Å². The van der Waals surface area contributed by atoms with Gasteiger partial charge in [0.25, 0.3) is 0 Å². The number of aliphatic hydroxyl groups is 8. The van der Waals surface area contributed by atoms with Crippen LogP contribution in [-0.2, 0) is 0 Å². The minimum absolute atomic E-state index is 0.0451. The zero-order valence-corrected chi connectivity index (χ0v) is 23.4. The van der Waals surface area contributed by atoms with Crippen molar-refractivity contribution >= 4 is 0 Å². The van der Waals surface area contributed by atoms with Gasteiger partial charge in [-0.25, -0.2) is 0 Å². The van der Waals surface area contributed by atoms with Crippen LogP contribution in [0.3, 0.4) is 0 Å². The van der Waals surface area contributed by atoms with Gasteiger partial charge in [-0.05, 0) is 30.6 Å². The zero-order chi connectivity index (χ0) is 27.8. The first-order valence-electron chi connectivity index (χ1n) is 12.6. The molecule has 212 valence electrons. The van der Waals surface area contributed by atoms with Gasteiger partial charge in [0.2, 0.25) is 0 Å². The second kappa shape index (κ2) is 24.4. The number of hydrogen-bond donors (Lipinski definition) is 8. The van der Waals surface area contributed by atoms with Crippen LogP contribution in [0.2, 0.25) is 0 Å². The Bertz CT molecular complexity index is 380. The maximum absolute atomic E-state index is 9.04. The minimum Gasteiger partial charge on any atom is -0.396 e. The van der Waals surface area contributed by atoms with Crippen LogP contribution in [0.1, 0.15) is 87.5 Å². The summed E-state index contributed by atoms with van der Waals surface area (Å²) in [5, 5.41) is 68.8. The van der Waals surface area contributed by atoms with Gasteiger partial charge in [-0.1, -0.05) is 68.2 Å². The Labute approximate surface area is 209 Å². The standard InChI is InChI=1S/C9H20O2.C8H18O2.C5H12O2.C4H10O2/c1-3-5-6-9(4-2,7-10)8-11;1-7(4-5-9)8(2,3)6-10;1-5(2,3-6)4-7;1-4(2-5)3-6/h10-11H,3-8H2,1-2H3;7,9-10H,4-6H2,1-3H3;6-7H,3-4H2,1-2H3;4-6H,2-3H2,1H3. The highest BCUT2D eigenvalue weighted by Crippen LogP contribution is 2.28. The van der Waals surface area contributed by atoms with Crippen LogP contribution < -0.4 is 0 Å². The molecule has 0 aromatic heterocycles. The van der Waals surface area contributed by atoms with Gasteiger partial charge < -0.3 is 40.9 Å². The maximum atomic E-state index is 9.04. The number of hydrogen-bond acceptors (Lipinski definition) is 8. The van der Waals surface area contributed by atoms with Gasteiger partial charge in [0.15, 0.2) is 0 Å². The molecule has 8 N–H and O–H groups in total. The normalized spacial score (nSPS) is 12.6. The van der Waals surface area contributed by atoms with Gasteiger partial charge in [-0.2, -0.15) is 0 Å². The summed E-state index contributed by atoms with van der Waals surface area (Å²) >= 11 is 0. The molecule has 0 aliphatic rings. The lowest BCUT2D eigenvalue weighted by Crippen LogP contribution is -2.28. The minimum atomic E-state index is -0.306. The number of unbranched alkanes of at least 4 members (excludes halogenated alkanes) is 1. The first kappa shape index (κ1) is 40.8. The highest BCUT2D eigenvalue weighted by molar-refractivity contribution is 4.75. The third-order valence-corrected chi connectivity index (χ3v) is 6.26. The van der Waals surface area contributed by atoms with E-state index in [4.69, 9.17) is 40.9 Å². The molecule has 8 heteroatoms. The lowest BCUT2D eigenvalue weighted by molar-refractivity contribution is 0.0420. The molecular formula is C26H60O8. The van der Waals surface area contributed by atoms with Crippen LogP contribution in [0.25, 0.3) is 0 Å². The summed E-state index contributed by atoms with van der Waals surface area (Å²) in [5.74, 6) is 0.424. The van der Waals surface area contributed by atoms with Crippen LogP contribution in [0.4, 0.5) is 0 Å². The monoisotopic (exact) mass is 500 g/mol. The molecular weight excluding hydrogens is 440 g/mol. The van der Waals surface area contributed by atoms with E-state index in [2.05, 4.69) is 6.92 Å². The van der Waals surface area contributed by atoms with Crippen molar-refractivity contribution in [3.05, 3.63) is 0 Å². The van der Waals surface area contributed by atoms with Crippen molar-refractivity contribution in [3.63, 3.8) is 0 Å². The Hall–Kier alpha value is -0.320. The average molecular weight is 501 g/mol. The molecule has 0 bridgehead atoms. The molecule has 0 saturated heterocycles. The summed E-state index contributed by atoms with van der Waals surface area (Å²) in [4.78, 5) is 0. The Morgan fingerprint density at radius 3 is 1.26 bits per heavy atom. The third kappa shape index (κ3) is 23.4. The van der Waals surface area contributed by atoms with Gasteiger partial charge in [0, 0.05) is 43.2 Å². The maximum Gasteiger partial charge on any atom is 0.0509 e. The van der Waals surface area contributed by atoms with Crippen molar-refractivity contribution in [3.8, 4) is 0 Å². The van der Waals surface area contributed by atoms with Crippen molar-refractivity contribution in [2.45, 2.75) is 87.5 Å². The summed E-state index contributed by atoms with van der Waals surface area (Å²) in [5.41, 5.74) is -0.571. The van der Waals surface area contributed by atoms with Crippen molar-refractivity contribution in [2.75, 3.05) is 52.9 Å². The van der Waals surface area contributed by atoms with Gasteiger partial charge >= 0.3 is 0 Å². The van der Waals surface area contributed by atoms with Gasteiger partial charge in [0.1, 0.15) is 0 Å². The zero-order valence-electron chi connectivity index (χ0n) is 23.4. The van der Waals surface area contributed by atoms with E-state index in [-0.39, 0.29) is 75.0 Å². The molecule has 0 aromatic carbocycles. The van der Waals surface area contributed by atoms with Crippen molar-refractivity contribution in [1.29, 1.82) is 0 Å². The average Bonchev–Trinajstić information content (AvgIpc) is 2.86. The molecule has 0 aromatic rings. The first-order chi connectivity index (χ1) is 15.7. The van der Waals surface area contributed by atoms with Crippen molar-refractivity contribution in [1.82, 2.24) is 0 Å². The molecule has 0 heterocycles. The van der Waals surface area contributed by atoms with Crippen LogP contribution in [0, 0.1) is 28.1 Å². The third-order valence-electron chi connectivity index (χ3n) is 6.26. The summed E-state index contributed by atoms with van der Waals surface area (Å²) in [7, 11) is 0. The van der Waals surface area contributed by atoms with Crippen LogP contribution in [-0.4, -0.2) is 93.7 Å². The quantitative estimate of drug-likeness (QED) is 0.180. The molecule has 0 rings (SSSR count). The summed E-state index contributed by atoms with van der Waals surface area (Å²) < 4.78 is 0. The molecule has 0 spiro atoms. The topological polar surface area (TPSA) is 162 Å². The van der Waals surface area contributed by atoms with E-state index in [0.717, 1.165) is 32.1 Å². The predicted molar refractivity (Wildman–Crippen MR) is 139 cm³/mol. The molecule has 8 nitrogen and oxygen atoms in total. The smallest absolute Gasteiger partial charge is 0.0509 e. The molecule has 0 amide bonds. The molecule has 1 atom stereocenters. The Balaban J connectivity index is -0.000000182. The SMILES string of the molecule is CC(C)(CO)CO.CC(CCO)C(C)(C)CO.CC(CO)CO.CCCCC(CC)(CO)CO. The van der Waals surface area contributed by atoms with Crippen LogP contribution in [0.5, 0.6) is 0 Å². The molecule has 34 heavy (non-hydrogen) atoms. The molecule has 0 radical (unpaired) electrons. The van der Waals surface area contributed by atoms with E-state index in [1.165, 1.54) is 0 Å².